The van der Waals surface area contributed by atoms with Crippen LogP contribution in [0.5, 0.6) is 0 Å². The first-order valence-electron chi connectivity index (χ1n) is 8.39. The van der Waals surface area contributed by atoms with Gasteiger partial charge in [-0.15, -0.1) is 0 Å². The fourth-order valence-corrected chi connectivity index (χ4v) is 2.28. The molecule has 0 aromatic heterocycles. The van der Waals surface area contributed by atoms with Gasteiger partial charge in [-0.05, 0) is 39.8 Å². The van der Waals surface area contributed by atoms with Crippen molar-refractivity contribution in [1.29, 1.82) is 0 Å². The first-order chi connectivity index (χ1) is 12.9. The number of nitrogens with zero attached hydrogens (tertiary/aromatic N) is 1. The predicted octanol–water partition coefficient (Wildman–Crippen LogP) is 4.07. The number of halogens is 2. The summed E-state index contributed by atoms with van der Waals surface area (Å²) >= 11 is 11.9. The molecule has 1 atom stereocenters. The lowest BCUT2D eigenvalue weighted by Crippen LogP contribution is -2.36. The van der Waals surface area contributed by atoms with Gasteiger partial charge in [-0.25, -0.2) is 9.59 Å². The van der Waals surface area contributed by atoms with Gasteiger partial charge in [-0.2, -0.15) is 0 Å². The van der Waals surface area contributed by atoms with Crippen molar-refractivity contribution in [2.75, 3.05) is 18.5 Å². The molecule has 10 heteroatoms. The van der Waals surface area contributed by atoms with Crippen molar-refractivity contribution < 1.29 is 28.6 Å². The summed E-state index contributed by atoms with van der Waals surface area (Å²) in [5.41, 5.74) is -0.700. The van der Waals surface area contributed by atoms with Gasteiger partial charge in [0.25, 0.3) is 0 Å². The third-order valence-corrected chi connectivity index (χ3v) is 3.59. The zero-order valence-corrected chi connectivity index (χ0v) is 17.9. The third kappa shape index (κ3) is 8.22. The summed E-state index contributed by atoms with van der Waals surface area (Å²) in [6.45, 7) is 6.03. The molecule has 0 heterocycles. The Kier molecular flexibility index (Phi) is 8.84. The van der Waals surface area contributed by atoms with Gasteiger partial charge in [0.05, 0.1) is 5.69 Å². The van der Waals surface area contributed by atoms with Crippen LogP contribution in [-0.4, -0.2) is 42.9 Å². The van der Waals surface area contributed by atoms with Crippen molar-refractivity contribution in [3.63, 3.8) is 0 Å². The first kappa shape index (κ1) is 23.8. The summed E-state index contributed by atoms with van der Waals surface area (Å²) in [6.07, 6.45) is -1.43. The monoisotopic (exact) mass is 434 g/mol. The van der Waals surface area contributed by atoms with Gasteiger partial charge in [-0.1, -0.05) is 29.3 Å². The number of hydrogen-bond acceptors (Lipinski definition) is 6. The van der Waals surface area contributed by atoms with E-state index in [-0.39, 0.29) is 13.2 Å². The number of hydrogen-bond donors (Lipinski definition) is 1. The zero-order valence-electron chi connectivity index (χ0n) is 16.4. The summed E-state index contributed by atoms with van der Waals surface area (Å²) in [7, 11) is 1.47. The average Bonchev–Trinajstić information content (AvgIpc) is 2.55. The predicted molar refractivity (Wildman–Crippen MR) is 106 cm³/mol. The zero-order chi connectivity index (χ0) is 21.5. The first-order valence-corrected chi connectivity index (χ1v) is 9.20. The smallest absolute Gasteiger partial charge is 0.415 e. The van der Waals surface area contributed by atoms with Gasteiger partial charge in [0, 0.05) is 17.6 Å². The number of nitrogens with one attached hydrogen (secondary N) is 1. The van der Waals surface area contributed by atoms with Crippen LogP contribution in [0.2, 0.25) is 5.02 Å². The molecule has 1 aromatic rings. The summed E-state index contributed by atoms with van der Waals surface area (Å²) in [6, 6.07) is 4.85. The Morgan fingerprint density at radius 1 is 1.25 bits per heavy atom. The van der Waals surface area contributed by atoms with Gasteiger partial charge >= 0.3 is 18.2 Å². The van der Waals surface area contributed by atoms with Crippen molar-refractivity contribution in [1.82, 2.24) is 5.32 Å². The number of amides is 2. The number of esters is 1. The third-order valence-electron chi connectivity index (χ3n) is 3.15. The van der Waals surface area contributed by atoms with Crippen LogP contribution < -0.4 is 10.2 Å². The number of carbonyl (C=O) groups is 3. The van der Waals surface area contributed by atoms with E-state index in [4.69, 9.17) is 37.4 Å². The molecule has 0 saturated carbocycles. The average molecular weight is 435 g/mol. The van der Waals surface area contributed by atoms with E-state index in [1.165, 1.54) is 18.9 Å². The lowest BCUT2D eigenvalue weighted by atomic mass is 10.1. The van der Waals surface area contributed by atoms with Gasteiger partial charge < -0.3 is 19.5 Å². The standard InChI is InChI=1S/C18H24Cl2N2O6/c1-11(19)27-17(25)22(5)14-8-6-7-13(20)12(14)10-26-15(23)9-21-16(24)28-18(2,3)4/h6-8,11H,9-10H2,1-5H3,(H,21,24). The molecule has 1 aromatic carbocycles. The quantitative estimate of drug-likeness (QED) is 0.411. The number of alkyl carbamates (subject to hydrolysis) is 1. The molecular weight excluding hydrogens is 411 g/mol. The molecule has 156 valence electrons. The molecule has 0 aliphatic rings. The highest BCUT2D eigenvalue weighted by atomic mass is 35.5. The molecule has 0 aliphatic carbocycles. The van der Waals surface area contributed by atoms with E-state index in [9.17, 15) is 14.4 Å². The largest absolute Gasteiger partial charge is 0.459 e. The highest BCUT2D eigenvalue weighted by Crippen LogP contribution is 2.28. The second-order valence-corrected chi connectivity index (χ2v) is 7.76. The molecule has 0 spiro atoms. The Hall–Kier alpha value is -2.19. The van der Waals surface area contributed by atoms with E-state index >= 15 is 0 Å². The van der Waals surface area contributed by atoms with Crippen LogP contribution in [0.1, 0.15) is 33.3 Å². The van der Waals surface area contributed by atoms with Crippen LogP contribution in [0.3, 0.4) is 0 Å². The van der Waals surface area contributed by atoms with Crippen LogP contribution in [0.25, 0.3) is 0 Å². The lowest BCUT2D eigenvalue weighted by molar-refractivity contribution is -0.143. The van der Waals surface area contributed by atoms with Gasteiger partial charge in [0.2, 0.25) is 0 Å². The van der Waals surface area contributed by atoms with E-state index in [1.807, 2.05) is 0 Å². The molecule has 1 unspecified atom stereocenters. The molecule has 0 fully saturated rings. The molecule has 1 rings (SSSR count). The number of alkyl halides is 1. The molecule has 28 heavy (non-hydrogen) atoms. The number of carbonyl (C=O) groups excluding carboxylic acids is 3. The SMILES string of the molecule is CC(Cl)OC(=O)N(C)c1cccc(Cl)c1COC(=O)CNC(=O)OC(C)(C)C. The Morgan fingerprint density at radius 3 is 2.46 bits per heavy atom. The summed E-state index contributed by atoms with van der Waals surface area (Å²) in [4.78, 5) is 36.7. The van der Waals surface area contributed by atoms with Crippen LogP contribution >= 0.6 is 23.2 Å². The Bertz CT molecular complexity index is 719. The Labute approximate surface area is 174 Å². The second-order valence-electron chi connectivity index (χ2n) is 6.74. The molecule has 0 aliphatic heterocycles. The highest BCUT2D eigenvalue weighted by molar-refractivity contribution is 6.31. The van der Waals surface area contributed by atoms with E-state index < -0.39 is 29.3 Å². The van der Waals surface area contributed by atoms with Crippen LogP contribution in [0.4, 0.5) is 15.3 Å². The lowest BCUT2D eigenvalue weighted by Gasteiger charge is -2.22. The molecule has 2 amide bonds. The van der Waals surface area contributed by atoms with Crippen LogP contribution in [-0.2, 0) is 25.6 Å². The maximum Gasteiger partial charge on any atom is 0.415 e. The van der Waals surface area contributed by atoms with Crippen molar-refractivity contribution in [2.45, 2.75) is 45.5 Å². The molecule has 0 saturated heterocycles. The number of ether oxygens (including phenoxy) is 3. The number of anilines is 1. The van der Waals surface area contributed by atoms with Crippen molar-refractivity contribution in [2.24, 2.45) is 0 Å². The Morgan fingerprint density at radius 2 is 1.89 bits per heavy atom. The summed E-state index contributed by atoms with van der Waals surface area (Å²) in [5, 5.41) is 2.59. The molecule has 1 N–H and O–H groups in total. The normalized spacial score (nSPS) is 12.0. The minimum absolute atomic E-state index is 0.210. The van der Waals surface area contributed by atoms with E-state index in [0.717, 1.165) is 0 Å². The minimum Gasteiger partial charge on any atom is -0.459 e. The van der Waals surface area contributed by atoms with Crippen LogP contribution in [0, 0.1) is 0 Å². The summed E-state index contributed by atoms with van der Waals surface area (Å²) in [5.74, 6) is -0.698. The molecule has 8 nitrogen and oxygen atoms in total. The fourth-order valence-electron chi connectivity index (χ4n) is 1.98. The van der Waals surface area contributed by atoms with Crippen molar-refractivity contribution in [3.8, 4) is 0 Å². The van der Waals surface area contributed by atoms with Gasteiger partial charge in [0.15, 0.2) is 5.56 Å². The van der Waals surface area contributed by atoms with Crippen molar-refractivity contribution in [3.05, 3.63) is 28.8 Å². The second kappa shape index (κ2) is 10.4. The maximum atomic E-state index is 12.1. The molecule has 0 radical (unpaired) electrons. The van der Waals surface area contributed by atoms with Crippen LogP contribution in [0.15, 0.2) is 18.2 Å². The summed E-state index contributed by atoms with van der Waals surface area (Å²) < 4.78 is 15.1. The van der Waals surface area contributed by atoms with E-state index in [2.05, 4.69) is 5.32 Å². The number of rotatable bonds is 6. The number of benzene rings is 1. The molecule has 0 bridgehead atoms. The van der Waals surface area contributed by atoms with Gasteiger partial charge in [-0.3, -0.25) is 9.69 Å². The molecular formula is C18H24Cl2N2O6. The topological polar surface area (TPSA) is 94.2 Å². The van der Waals surface area contributed by atoms with Gasteiger partial charge in [0.1, 0.15) is 18.8 Å². The van der Waals surface area contributed by atoms with E-state index in [0.29, 0.717) is 16.3 Å². The fraction of sp³-hybridized carbons (Fsp3) is 0.500. The Balaban J connectivity index is 2.72. The minimum atomic E-state index is -0.811. The van der Waals surface area contributed by atoms with Crippen molar-refractivity contribution >= 4 is 47.0 Å². The highest BCUT2D eigenvalue weighted by Gasteiger charge is 2.21. The van der Waals surface area contributed by atoms with E-state index in [1.54, 1.807) is 39.0 Å². The maximum absolute atomic E-state index is 12.1.